The molecule has 7 heteroatoms. The lowest BCUT2D eigenvalue weighted by molar-refractivity contribution is -0.137. The molecule has 0 aliphatic heterocycles. The van der Waals surface area contributed by atoms with Crippen LogP contribution in [0.2, 0.25) is 5.02 Å². The van der Waals surface area contributed by atoms with E-state index in [0.29, 0.717) is 0 Å². The predicted octanol–water partition coefficient (Wildman–Crippen LogP) is 3.26. The van der Waals surface area contributed by atoms with Gasteiger partial charge in [-0.25, -0.2) is 0 Å². The number of nitrogens with one attached hydrogen (secondary N) is 1. The average Bonchev–Trinajstić information content (AvgIpc) is 2.36. The third-order valence-corrected chi connectivity index (χ3v) is 2.91. The van der Waals surface area contributed by atoms with Crippen molar-refractivity contribution in [3.8, 4) is 0 Å². The van der Waals surface area contributed by atoms with Crippen molar-refractivity contribution >= 4 is 23.6 Å². The van der Waals surface area contributed by atoms with E-state index in [0.717, 1.165) is 18.2 Å². The molecule has 1 aromatic rings. The molecule has 0 radical (unpaired) electrons. The summed E-state index contributed by atoms with van der Waals surface area (Å²) in [5.41, 5.74) is -1.57. The number of rotatable bonds is 4. The van der Waals surface area contributed by atoms with E-state index in [1.165, 1.54) is 12.1 Å². The Bertz CT molecular complexity index is 554. The second-order valence-electron chi connectivity index (χ2n) is 5.10. The molecule has 0 aromatic heterocycles. The van der Waals surface area contributed by atoms with Crippen molar-refractivity contribution in [1.82, 2.24) is 5.32 Å². The Balaban J connectivity index is 2.89. The highest BCUT2D eigenvalue weighted by Crippen LogP contribution is 2.35. The summed E-state index contributed by atoms with van der Waals surface area (Å²) in [4.78, 5) is 11.6. The van der Waals surface area contributed by atoms with Crippen LogP contribution < -0.4 is 5.32 Å². The number of carbonyl (C=O) groups is 1. The highest BCUT2D eigenvalue weighted by molar-refractivity contribution is 6.31. The summed E-state index contributed by atoms with van der Waals surface area (Å²) in [5, 5.41) is 11.1. The molecular weight excluding hydrogens is 307 g/mol. The first-order valence-corrected chi connectivity index (χ1v) is 6.41. The molecule has 0 bridgehead atoms. The van der Waals surface area contributed by atoms with Crippen LogP contribution in [0.5, 0.6) is 0 Å². The highest BCUT2D eigenvalue weighted by atomic mass is 35.5. The topological polar surface area (TPSA) is 49.3 Å². The zero-order chi connectivity index (χ0) is 16.3. The fraction of sp³-hybridized carbons (Fsp3) is 0.357. The molecule has 21 heavy (non-hydrogen) atoms. The van der Waals surface area contributed by atoms with Crippen molar-refractivity contribution < 1.29 is 23.1 Å². The minimum Gasteiger partial charge on any atom is -0.394 e. The van der Waals surface area contributed by atoms with Crippen LogP contribution in [0, 0.1) is 0 Å². The third-order valence-electron chi connectivity index (χ3n) is 2.58. The molecule has 0 aliphatic carbocycles. The molecule has 0 saturated carbocycles. The van der Waals surface area contributed by atoms with Gasteiger partial charge in [0.15, 0.2) is 0 Å². The van der Waals surface area contributed by atoms with Gasteiger partial charge in [0, 0.05) is 6.08 Å². The van der Waals surface area contributed by atoms with E-state index in [4.69, 9.17) is 16.7 Å². The first-order valence-electron chi connectivity index (χ1n) is 6.03. The maximum absolute atomic E-state index is 12.7. The van der Waals surface area contributed by atoms with Gasteiger partial charge in [-0.1, -0.05) is 17.7 Å². The molecule has 0 heterocycles. The Morgan fingerprint density at radius 3 is 2.52 bits per heavy atom. The van der Waals surface area contributed by atoms with Crippen LogP contribution in [0.15, 0.2) is 24.3 Å². The molecule has 2 N–H and O–H groups in total. The Labute approximate surface area is 125 Å². The van der Waals surface area contributed by atoms with Crippen LogP contribution in [-0.4, -0.2) is 23.2 Å². The van der Waals surface area contributed by atoms with E-state index >= 15 is 0 Å². The summed E-state index contributed by atoms with van der Waals surface area (Å²) in [5.74, 6) is -0.516. The summed E-state index contributed by atoms with van der Waals surface area (Å²) in [6, 6.07) is 3.36. The standard InChI is InChI=1S/C14H15ClF3NO2/c1-13(2,8-20)19-12(21)6-4-9-3-5-11(15)10(7-9)14(16,17)18/h3-7,20H,8H2,1-2H3,(H,19,21)/b6-4+. The van der Waals surface area contributed by atoms with Gasteiger partial charge in [-0.2, -0.15) is 13.2 Å². The maximum Gasteiger partial charge on any atom is 0.417 e. The quantitative estimate of drug-likeness (QED) is 0.836. The van der Waals surface area contributed by atoms with E-state index < -0.39 is 28.2 Å². The smallest absolute Gasteiger partial charge is 0.394 e. The van der Waals surface area contributed by atoms with Gasteiger partial charge < -0.3 is 10.4 Å². The van der Waals surface area contributed by atoms with Crippen LogP contribution in [0.3, 0.4) is 0 Å². The van der Waals surface area contributed by atoms with Crippen molar-refractivity contribution in [1.29, 1.82) is 0 Å². The Morgan fingerprint density at radius 2 is 2.00 bits per heavy atom. The molecule has 0 spiro atoms. The second-order valence-corrected chi connectivity index (χ2v) is 5.51. The zero-order valence-corrected chi connectivity index (χ0v) is 12.2. The minimum atomic E-state index is -4.55. The van der Waals surface area contributed by atoms with Gasteiger partial charge in [0.25, 0.3) is 0 Å². The SMILES string of the molecule is CC(C)(CO)NC(=O)/C=C/c1ccc(Cl)c(C(F)(F)F)c1. The van der Waals surface area contributed by atoms with Crippen LogP contribution in [-0.2, 0) is 11.0 Å². The first kappa shape index (κ1) is 17.5. The number of hydrogen-bond acceptors (Lipinski definition) is 2. The Morgan fingerprint density at radius 1 is 1.38 bits per heavy atom. The van der Waals surface area contributed by atoms with Crippen molar-refractivity contribution in [2.24, 2.45) is 0 Å². The number of aliphatic hydroxyl groups is 1. The number of amides is 1. The van der Waals surface area contributed by atoms with Crippen molar-refractivity contribution in [2.45, 2.75) is 25.6 Å². The normalized spacial score (nSPS) is 12.7. The summed E-state index contributed by atoms with van der Waals surface area (Å²) in [6.45, 7) is 2.97. The molecule has 0 unspecified atom stereocenters. The van der Waals surface area contributed by atoms with E-state index in [-0.39, 0.29) is 12.2 Å². The van der Waals surface area contributed by atoms with Gasteiger partial charge in [-0.05, 0) is 37.6 Å². The molecule has 1 amide bonds. The number of benzene rings is 1. The lowest BCUT2D eigenvalue weighted by Gasteiger charge is -2.22. The van der Waals surface area contributed by atoms with Crippen molar-refractivity contribution in [3.05, 3.63) is 40.4 Å². The Hall–Kier alpha value is -1.53. The molecule has 0 aliphatic rings. The minimum absolute atomic E-state index is 0.198. The monoisotopic (exact) mass is 321 g/mol. The number of aliphatic hydroxyl groups excluding tert-OH is 1. The third kappa shape index (κ3) is 5.40. The van der Waals surface area contributed by atoms with Crippen molar-refractivity contribution in [3.63, 3.8) is 0 Å². The predicted molar refractivity (Wildman–Crippen MR) is 74.8 cm³/mol. The molecule has 1 rings (SSSR count). The van der Waals surface area contributed by atoms with Gasteiger partial charge in [-0.15, -0.1) is 0 Å². The van der Waals surface area contributed by atoms with E-state index in [9.17, 15) is 18.0 Å². The number of hydrogen-bond donors (Lipinski definition) is 2. The van der Waals surface area contributed by atoms with Crippen LogP contribution in [0.25, 0.3) is 6.08 Å². The van der Waals surface area contributed by atoms with Crippen molar-refractivity contribution in [2.75, 3.05) is 6.61 Å². The zero-order valence-electron chi connectivity index (χ0n) is 11.5. The van der Waals surface area contributed by atoms with Gasteiger partial charge in [0.05, 0.1) is 22.7 Å². The van der Waals surface area contributed by atoms with Crippen LogP contribution >= 0.6 is 11.6 Å². The largest absolute Gasteiger partial charge is 0.417 e. The molecule has 116 valence electrons. The number of carbonyl (C=O) groups excluding carboxylic acids is 1. The maximum atomic E-state index is 12.7. The fourth-order valence-corrected chi connectivity index (χ4v) is 1.68. The molecule has 0 fully saturated rings. The van der Waals surface area contributed by atoms with Gasteiger partial charge >= 0.3 is 6.18 Å². The summed E-state index contributed by atoms with van der Waals surface area (Å²) in [7, 11) is 0. The Kier molecular flexibility index (Phi) is 5.42. The number of halogens is 4. The van der Waals surface area contributed by atoms with Crippen LogP contribution in [0.4, 0.5) is 13.2 Å². The first-order chi connectivity index (χ1) is 9.55. The van der Waals surface area contributed by atoms with Crippen LogP contribution in [0.1, 0.15) is 25.0 Å². The molecule has 0 atom stereocenters. The summed E-state index contributed by atoms with van der Waals surface area (Å²) in [6.07, 6.45) is -2.21. The molecular formula is C14H15ClF3NO2. The molecule has 0 saturated heterocycles. The van der Waals surface area contributed by atoms with E-state index in [2.05, 4.69) is 5.32 Å². The van der Waals surface area contributed by atoms with Gasteiger partial charge in [0.2, 0.25) is 5.91 Å². The summed E-state index contributed by atoms with van der Waals surface area (Å²) >= 11 is 5.50. The molecule has 1 aromatic carbocycles. The van der Waals surface area contributed by atoms with Gasteiger partial charge in [0.1, 0.15) is 0 Å². The van der Waals surface area contributed by atoms with E-state index in [1.54, 1.807) is 13.8 Å². The van der Waals surface area contributed by atoms with Gasteiger partial charge in [-0.3, -0.25) is 4.79 Å². The van der Waals surface area contributed by atoms with E-state index in [1.807, 2.05) is 0 Å². The molecule has 3 nitrogen and oxygen atoms in total. The second kappa shape index (κ2) is 6.49. The lowest BCUT2D eigenvalue weighted by Crippen LogP contribution is -2.45. The average molecular weight is 322 g/mol. The lowest BCUT2D eigenvalue weighted by atomic mass is 10.1. The highest BCUT2D eigenvalue weighted by Gasteiger charge is 2.33. The number of alkyl halides is 3. The fourth-order valence-electron chi connectivity index (χ4n) is 1.45. The summed E-state index contributed by atoms with van der Waals surface area (Å²) < 4.78 is 38.0.